The summed E-state index contributed by atoms with van der Waals surface area (Å²) in [6.07, 6.45) is -11.5. The molecule has 1 atom stereocenters. The lowest BCUT2D eigenvalue weighted by Gasteiger charge is -2.33. The van der Waals surface area contributed by atoms with Gasteiger partial charge in [0.15, 0.2) is 0 Å². The highest BCUT2D eigenvalue weighted by molar-refractivity contribution is 6.30. The highest BCUT2D eigenvalue weighted by Gasteiger charge is 2.65. The van der Waals surface area contributed by atoms with Crippen LogP contribution in [-0.4, -0.2) is 29.3 Å². The fourth-order valence-corrected chi connectivity index (χ4v) is 1.76. The van der Waals surface area contributed by atoms with E-state index in [1.807, 2.05) is 0 Å². The smallest absolute Gasteiger partial charge is 0.471 e. The number of amides is 1. The van der Waals surface area contributed by atoms with Crippen molar-refractivity contribution in [1.82, 2.24) is 5.32 Å². The number of carboxylic acids is 1. The minimum Gasteiger partial charge on any atom is -0.479 e. The van der Waals surface area contributed by atoms with Crippen LogP contribution in [0.15, 0.2) is 24.3 Å². The number of hydrogen-bond donors (Lipinski definition) is 2. The van der Waals surface area contributed by atoms with Gasteiger partial charge in [0.25, 0.3) is 5.54 Å². The van der Waals surface area contributed by atoms with Gasteiger partial charge in [-0.3, -0.25) is 4.79 Å². The molecule has 1 rings (SSSR count). The van der Waals surface area contributed by atoms with E-state index in [-0.39, 0.29) is 5.02 Å². The predicted molar refractivity (Wildman–Crippen MR) is 61.0 cm³/mol. The lowest BCUT2D eigenvalue weighted by molar-refractivity contribution is -0.221. The maximum absolute atomic E-state index is 13.2. The molecule has 0 radical (unpaired) electrons. The second-order valence-electron chi connectivity index (χ2n) is 4.02. The number of carbonyl (C=O) groups excluding carboxylic acids is 1. The first kappa shape index (κ1) is 18.1. The molecule has 0 aromatic heterocycles. The number of benzene rings is 1. The third-order valence-corrected chi connectivity index (χ3v) is 2.80. The summed E-state index contributed by atoms with van der Waals surface area (Å²) in [5.74, 6) is -5.79. The van der Waals surface area contributed by atoms with Crippen molar-refractivity contribution >= 4 is 23.5 Å². The van der Waals surface area contributed by atoms with Crippen molar-refractivity contribution in [3.8, 4) is 0 Å². The van der Waals surface area contributed by atoms with Gasteiger partial charge in [-0.25, -0.2) is 4.79 Å². The summed E-state index contributed by atoms with van der Waals surface area (Å²) >= 11 is 5.44. The maximum Gasteiger partial charge on any atom is 0.471 e. The first-order chi connectivity index (χ1) is 9.82. The van der Waals surface area contributed by atoms with Gasteiger partial charge in [0, 0.05) is 5.02 Å². The van der Waals surface area contributed by atoms with Crippen LogP contribution in [0.4, 0.5) is 26.3 Å². The van der Waals surface area contributed by atoms with Crippen LogP contribution >= 0.6 is 11.6 Å². The Bertz CT molecular complexity index is 600. The molecule has 0 fully saturated rings. The average Bonchev–Trinajstić information content (AvgIpc) is 2.32. The van der Waals surface area contributed by atoms with Gasteiger partial charge >= 0.3 is 24.2 Å². The Balaban J connectivity index is 3.57. The van der Waals surface area contributed by atoms with Crippen molar-refractivity contribution in [2.24, 2.45) is 0 Å². The fourth-order valence-electron chi connectivity index (χ4n) is 1.57. The Morgan fingerprint density at radius 3 is 2.00 bits per heavy atom. The molecule has 2 N–H and O–H groups in total. The molecule has 22 heavy (non-hydrogen) atoms. The molecule has 11 heteroatoms. The lowest BCUT2D eigenvalue weighted by atomic mass is 9.88. The van der Waals surface area contributed by atoms with Crippen molar-refractivity contribution < 1.29 is 41.0 Å². The molecule has 1 unspecified atom stereocenters. The van der Waals surface area contributed by atoms with Crippen LogP contribution in [0.25, 0.3) is 0 Å². The summed E-state index contributed by atoms with van der Waals surface area (Å²) in [4.78, 5) is 22.0. The van der Waals surface area contributed by atoms with Gasteiger partial charge in [-0.15, -0.1) is 0 Å². The van der Waals surface area contributed by atoms with Gasteiger partial charge in [0.1, 0.15) is 0 Å². The Morgan fingerprint density at radius 2 is 1.64 bits per heavy atom. The van der Waals surface area contributed by atoms with E-state index in [0.29, 0.717) is 17.4 Å². The molecule has 0 saturated carbocycles. The molecule has 0 aliphatic rings. The third kappa shape index (κ3) is 3.26. The predicted octanol–water partition coefficient (Wildman–Crippen LogP) is 2.86. The number of hydrogen-bond acceptors (Lipinski definition) is 2. The molecule has 122 valence electrons. The minimum absolute atomic E-state index is 0.353. The van der Waals surface area contributed by atoms with E-state index < -0.39 is 35.3 Å². The van der Waals surface area contributed by atoms with Crippen molar-refractivity contribution in [1.29, 1.82) is 0 Å². The summed E-state index contributed by atoms with van der Waals surface area (Å²) in [5.41, 5.74) is -5.46. The van der Waals surface area contributed by atoms with Gasteiger partial charge < -0.3 is 10.4 Å². The van der Waals surface area contributed by atoms with E-state index in [4.69, 9.17) is 16.7 Å². The van der Waals surface area contributed by atoms with E-state index in [0.717, 1.165) is 12.1 Å². The maximum atomic E-state index is 13.2. The van der Waals surface area contributed by atoms with Gasteiger partial charge in [-0.1, -0.05) is 23.7 Å². The zero-order valence-electron chi connectivity index (χ0n) is 10.2. The standard InChI is InChI=1S/C11H6ClF6NO3/c12-6-3-1-2-5(4-6)9(8(21)22,11(16,17)18)19-7(20)10(13,14)15/h1-4H,(H,19,20)(H,21,22). The van der Waals surface area contributed by atoms with E-state index >= 15 is 0 Å². The molecule has 1 amide bonds. The summed E-state index contributed by atoms with van der Waals surface area (Å²) in [6.45, 7) is 0. The normalized spacial score (nSPS) is 15.0. The topological polar surface area (TPSA) is 66.4 Å². The summed E-state index contributed by atoms with van der Waals surface area (Å²) in [5, 5.41) is 9.03. The number of carboxylic acid groups (broad SMARTS) is 1. The van der Waals surface area contributed by atoms with Crippen LogP contribution in [0.1, 0.15) is 5.56 Å². The van der Waals surface area contributed by atoms with Crippen LogP contribution in [0.5, 0.6) is 0 Å². The van der Waals surface area contributed by atoms with E-state index in [2.05, 4.69) is 0 Å². The Morgan fingerprint density at radius 1 is 1.09 bits per heavy atom. The van der Waals surface area contributed by atoms with Gasteiger partial charge in [0.2, 0.25) is 0 Å². The lowest BCUT2D eigenvalue weighted by Crippen LogP contribution is -2.63. The average molecular weight is 350 g/mol. The molecule has 1 aromatic carbocycles. The second-order valence-corrected chi connectivity index (χ2v) is 4.45. The number of nitrogens with one attached hydrogen (secondary N) is 1. The van der Waals surface area contributed by atoms with Crippen molar-refractivity contribution in [2.75, 3.05) is 0 Å². The molecule has 0 bridgehead atoms. The summed E-state index contributed by atoms with van der Waals surface area (Å²) in [6, 6.07) is 3.07. The van der Waals surface area contributed by atoms with Gasteiger partial charge in [-0.2, -0.15) is 26.3 Å². The van der Waals surface area contributed by atoms with Gasteiger partial charge in [-0.05, 0) is 17.7 Å². The second kappa shape index (κ2) is 5.67. The van der Waals surface area contributed by atoms with Crippen molar-refractivity contribution in [3.05, 3.63) is 34.9 Å². The first-order valence-electron chi connectivity index (χ1n) is 5.28. The van der Waals surface area contributed by atoms with Crippen LogP contribution < -0.4 is 5.32 Å². The Hall–Kier alpha value is -1.97. The number of alkyl halides is 6. The third-order valence-electron chi connectivity index (χ3n) is 2.56. The Kier molecular flexibility index (Phi) is 4.66. The molecule has 0 saturated heterocycles. The van der Waals surface area contributed by atoms with E-state index in [9.17, 15) is 35.9 Å². The monoisotopic (exact) mass is 349 g/mol. The highest BCUT2D eigenvalue weighted by atomic mass is 35.5. The largest absolute Gasteiger partial charge is 0.479 e. The van der Waals surface area contributed by atoms with Crippen molar-refractivity contribution in [3.63, 3.8) is 0 Å². The van der Waals surface area contributed by atoms with E-state index in [1.54, 1.807) is 0 Å². The molecule has 0 spiro atoms. The number of aliphatic carboxylic acids is 1. The van der Waals surface area contributed by atoms with E-state index in [1.165, 1.54) is 0 Å². The quantitative estimate of drug-likeness (QED) is 0.825. The fraction of sp³-hybridized carbons (Fsp3) is 0.273. The Labute approximate surface area is 123 Å². The van der Waals surface area contributed by atoms with Crippen LogP contribution in [0.3, 0.4) is 0 Å². The van der Waals surface area contributed by atoms with Crippen LogP contribution in [-0.2, 0) is 15.1 Å². The van der Waals surface area contributed by atoms with Crippen molar-refractivity contribution in [2.45, 2.75) is 17.9 Å². The summed E-state index contributed by atoms with van der Waals surface area (Å²) < 4.78 is 76.2. The molecule has 4 nitrogen and oxygen atoms in total. The molecule has 0 aliphatic heterocycles. The number of carbonyl (C=O) groups is 2. The first-order valence-corrected chi connectivity index (χ1v) is 5.65. The molecule has 1 aromatic rings. The molecular weight excluding hydrogens is 344 g/mol. The SMILES string of the molecule is O=C(NC(C(=O)O)(c1cccc(Cl)c1)C(F)(F)F)C(F)(F)F. The number of rotatable bonds is 3. The van der Waals surface area contributed by atoms with Crippen LogP contribution in [0, 0.1) is 0 Å². The zero-order chi connectivity index (χ0) is 17.3. The number of halogens is 7. The highest BCUT2D eigenvalue weighted by Crippen LogP contribution is 2.40. The molecule has 0 aliphatic carbocycles. The molecule has 0 heterocycles. The molecular formula is C11H6ClF6NO3. The zero-order valence-corrected chi connectivity index (χ0v) is 11.0. The minimum atomic E-state index is -5.76. The van der Waals surface area contributed by atoms with Crippen LogP contribution in [0.2, 0.25) is 5.02 Å². The van der Waals surface area contributed by atoms with Gasteiger partial charge in [0.05, 0.1) is 0 Å². The summed E-state index contributed by atoms with van der Waals surface area (Å²) in [7, 11) is 0.